The maximum atomic E-state index is 5.79. The van der Waals surface area contributed by atoms with E-state index in [4.69, 9.17) is 17.4 Å². The lowest BCUT2D eigenvalue weighted by Gasteiger charge is -2.03. The summed E-state index contributed by atoms with van der Waals surface area (Å²) in [5.74, 6) is 5.19. The van der Waals surface area contributed by atoms with Crippen LogP contribution in [0.15, 0.2) is 0 Å². The standard InChI is InChI=1S/C5H11ClN2/c6-4-1-2-5(3-4)8-7/h4-5,8H,1-3,7H2. The van der Waals surface area contributed by atoms with E-state index in [1.54, 1.807) is 0 Å². The van der Waals surface area contributed by atoms with Crippen LogP contribution in [0.5, 0.6) is 0 Å². The molecule has 0 aromatic carbocycles. The number of hydrogen-bond acceptors (Lipinski definition) is 2. The number of rotatable bonds is 1. The van der Waals surface area contributed by atoms with Crippen molar-refractivity contribution in [1.82, 2.24) is 5.43 Å². The van der Waals surface area contributed by atoms with Crippen LogP contribution >= 0.6 is 11.6 Å². The molecule has 1 fully saturated rings. The number of alkyl halides is 1. The Morgan fingerprint density at radius 1 is 1.50 bits per heavy atom. The third kappa shape index (κ3) is 1.34. The third-order valence-corrected chi connectivity index (χ3v) is 2.00. The summed E-state index contributed by atoms with van der Waals surface area (Å²) >= 11 is 5.79. The number of hydrogen-bond donors (Lipinski definition) is 2. The van der Waals surface area contributed by atoms with Crippen molar-refractivity contribution >= 4 is 11.6 Å². The highest BCUT2D eigenvalue weighted by molar-refractivity contribution is 6.20. The maximum absolute atomic E-state index is 5.79. The Balaban J connectivity index is 2.22. The maximum Gasteiger partial charge on any atom is 0.0352 e. The molecule has 0 bridgehead atoms. The molecule has 1 aliphatic rings. The second-order valence-electron chi connectivity index (χ2n) is 2.27. The van der Waals surface area contributed by atoms with Crippen LogP contribution in [0.1, 0.15) is 19.3 Å². The molecule has 2 nitrogen and oxygen atoms in total. The summed E-state index contributed by atoms with van der Waals surface area (Å²) in [4.78, 5) is 0. The molecule has 1 aliphatic carbocycles. The van der Waals surface area contributed by atoms with E-state index >= 15 is 0 Å². The number of nitrogens with one attached hydrogen (secondary N) is 1. The molecule has 0 aliphatic heterocycles. The van der Waals surface area contributed by atoms with Gasteiger partial charge in [-0.25, -0.2) is 0 Å². The Hall–Kier alpha value is 0.210. The Morgan fingerprint density at radius 2 is 2.25 bits per heavy atom. The van der Waals surface area contributed by atoms with Gasteiger partial charge in [-0.1, -0.05) is 0 Å². The molecule has 1 saturated carbocycles. The first-order valence-electron chi connectivity index (χ1n) is 2.93. The van der Waals surface area contributed by atoms with Crippen molar-refractivity contribution in [3.05, 3.63) is 0 Å². The minimum atomic E-state index is 0.357. The molecule has 0 amide bonds. The van der Waals surface area contributed by atoms with E-state index in [9.17, 15) is 0 Å². The van der Waals surface area contributed by atoms with Crippen LogP contribution in [0, 0.1) is 0 Å². The van der Waals surface area contributed by atoms with E-state index in [0.717, 1.165) is 19.3 Å². The molecule has 3 N–H and O–H groups in total. The van der Waals surface area contributed by atoms with Gasteiger partial charge >= 0.3 is 0 Å². The second kappa shape index (κ2) is 2.67. The fourth-order valence-electron chi connectivity index (χ4n) is 1.08. The molecule has 48 valence electrons. The summed E-state index contributed by atoms with van der Waals surface area (Å²) in [7, 11) is 0. The summed E-state index contributed by atoms with van der Waals surface area (Å²) in [5.41, 5.74) is 2.71. The van der Waals surface area contributed by atoms with Gasteiger partial charge in [0.2, 0.25) is 0 Å². The fraction of sp³-hybridized carbons (Fsp3) is 1.00. The van der Waals surface area contributed by atoms with E-state index in [1.807, 2.05) is 0 Å². The zero-order valence-electron chi connectivity index (χ0n) is 4.73. The van der Waals surface area contributed by atoms with Crippen molar-refractivity contribution in [2.45, 2.75) is 30.7 Å². The largest absolute Gasteiger partial charge is 0.271 e. The third-order valence-electron chi connectivity index (χ3n) is 1.60. The molecule has 0 saturated heterocycles. The summed E-state index contributed by atoms with van der Waals surface area (Å²) in [6, 6.07) is 0.470. The van der Waals surface area contributed by atoms with Crippen molar-refractivity contribution in [1.29, 1.82) is 0 Å². The lowest BCUT2D eigenvalue weighted by molar-refractivity contribution is 0.545. The van der Waals surface area contributed by atoms with Gasteiger partial charge in [-0.15, -0.1) is 11.6 Å². The van der Waals surface area contributed by atoms with E-state index in [1.165, 1.54) is 0 Å². The quantitative estimate of drug-likeness (QED) is 0.313. The van der Waals surface area contributed by atoms with Crippen LogP contribution in [0.3, 0.4) is 0 Å². The molecule has 8 heavy (non-hydrogen) atoms. The highest BCUT2D eigenvalue weighted by atomic mass is 35.5. The zero-order valence-corrected chi connectivity index (χ0v) is 5.49. The lowest BCUT2D eigenvalue weighted by atomic mass is 10.3. The van der Waals surface area contributed by atoms with E-state index in [-0.39, 0.29) is 0 Å². The van der Waals surface area contributed by atoms with Gasteiger partial charge in [0.25, 0.3) is 0 Å². The number of halogens is 1. The first kappa shape index (κ1) is 6.33. The minimum absolute atomic E-state index is 0.357. The average Bonchev–Trinajstić information content (AvgIpc) is 2.14. The minimum Gasteiger partial charge on any atom is -0.271 e. The predicted octanol–water partition coefficient (Wildman–Crippen LogP) is 0.610. The normalized spacial score (nSPS) is 38.2. The van der Waals surface area contributed by atoms with Gasteiger partial charge in [0.1, 0.15) is 0 Å². The first-order valence-corrected chi connectivity index (χ1v) is 3.36. The van der Waals surface area contributed by atoms with Crippen molar-refractivity contribution in [3.63, 3.8) is 0 Å². The first-order chi connectivity index (χ1) is 3.83. The zero-order chi connectivity index (χ0) is 5.98. The van der Waals surface area contributed by atoms with Crippen LogP contribution in [0.25, 0.3) is 0 Å². The molecule has 0 aromatic rings. The molecule has 0 radical (unpaired) electrons. The van der Waals surface area contributed by atoms with Gasteiger partial charge in [0.05, 0.1) is 0 Å². The van der Waals surface area contributed by atoms with Gasteiger partial charge < -0.3 is 0 Å². The molecule has 3 heteroatoms. The van der Waals surface area contributed by atoms with Gasteiger partial charge in [0.15, 0.2) is 0 Å². The molecular weight excluding hydrogens is 124 g/mol. The van der Waals surface area contributed by atoms with Crippen LogP contribution in [0.2, 0.25) is 0 Å². The number of hydrazine groups is 1. The van der Waals surface area contributed by atoms with Crippen molar-refractivity contribution in [2.75, 3.05) is 0 Å². The van der Waals surface area contributed by atoms with Crippen molar-refractivity contribution < 1.29 is 0 Å². The average molecular weight is 135 g/mol. The SMILES string of the molecule is NNC1CCC(Cl)C1. The van der Waals surface area contributed by atoms with Gasteiger partial charge in [-0.05, 0) is 19.3 Å². The molecule has 1 rings (SSSR count). The molecule has 0 spiro atoms. The summed E-state index contributed by atoms with van der Waals surface area (Å²) in [6.45, 7) is 0. The summed E-state index contributed by atoms with van der Waals surface area (Å²) in [5, 5.41) is 0.357. The molecule has 2 unspecified atom stereocenters. The lowest BCUT2D eigenvalue weighted by Crippen LogP contribution is -2.32. The molecule has 2 atom stereocenters. The van der Waals surface area contributed by atoms with Crippen molar-refractivity contribution in [3.8, 4) is 0 Å². The smallest absolute Gasteiger partial charge is 0.0352 e. The highest BCUT2D eigenvalue weighted by Crippen LogP contribution is 2.22. The second-order valence-corrected chi connectivity index (χ2v) is 2.89. The molecule has 0 heterocycles. The number of nitrogens with two attached hydrogens (primary N) is 1. The van der Waals surface area contributed by atoms with Crippen LogP contribution < -0.4 is 11.3 Å². The van der Waals surface area contributed by atoms with Crippen LogP contribution in [-0.2, 0) is 0 Å². The van der Waals surface area contributed by atoms with Gasteiger partial charge in [0, 0.05) is 11.4 Å². The fourth-order valence-corrected chi connectivity index (χ4v) is 1.42. The molecular formula is C5H11ClN2. The van der Waals surface area contributed by atoms with Crippen molar-refractivity contribution in [2.24, 2.45) is 5.84 Å². The predicted molar refractivity (Wildman–Crippen MR) is 34.6 cm³/mol. The van der Waals surface area contributed by atoms with Gasteiger partial charge in [-0.2, -0.15) is 0 Å². The Labute approximate surface area is 54.4 Å². The Kier molecular flexibility index (Phi) is 2.11. The van der Waals surface area contributed by atoms with Gasteiger partial charge in [-0.3, -0.25) is 11.3 Å². The van der Waals surface area contributed by atoms with E-state index in [2.05, 4.69) is 5.43 Å². The van der Waals surface area contributed by atoms with Crippen LogP contribution in [0.4, 0.5) is 0 Å². The van der Waals surface area contributed by atoms with E-state index < -0.39 is 0 Å². The Morgan fingerprint density at radius 3 is 2.50 bits per heavy atom. The Bertz CT molecular complexity index is 76.8. The monoisotopic (exact) mass is 134 g/mol. The van der Waals surface area contributed by atoms with E-state index in [0.29, 0.717) is 11.4 Å². The highest BCUT2D eigenvalue weighted by Gasteiger charge is 2.20. The summed E-state index contributed by atoms with van der Waals surface area (Å²) < 4.78 is 0. The topological polar surface area (TPSA) is 38.0 Å². The molecule has 0 aromatic heterocycles. The van der Waals surface area contributed by atoms with Crippen LogP contribution in [-0.4, -0.2) is 11.4 Å². The summed E-state index contributed by atoms with van der Waals surface area (Å²) in [6.07, 6.45) is 3.26.